The second-order valence-corrected chi connectivity index (χ2v) is 10.1. The van der Waals surface area contributed by atoms with Crippen LogP contribution in [0.3, 0.4) is 0 Å². The van der Waals surface area contributed by atoms with E-state index in [0.717, 1.165) is 49.5 Å². The van der Waals surface area contributed by atoms with E-state index < -0.39 is 11.9 Å². The van der Waals surface area contributed by atoms with Gasteiger partial charge in [0.25, 0.3) is 0 Å². The number of methoxy groups -OCH3 is 1. The highest BCUT2D eigenvalue weighted by molar-refractivity contribution is 7.99. The summed E-state index contributed by atoms with van der Waals surface area (Å²) in [5.41, 5.74) is 0.619. The summed E-state index contributed by atoms with van der Waals surface area (Å²) in [6.07, 6.45) is 4.72. The number of likely N-dealkylation sites (tertiary alicyclic amines) is 1. The van der Waals surface area contributed by atoms with E-state index in [-0.39, 0.29) is 17.6 Å². The van der Waals surface area contributed by atoms with Gasteiger partial charge in [0, 0.05) is 36.1 Å². The number of aliphatic hydroxyl groups excluding tert-OH is 2. The number of fused-ring (bicyclic) bond motifs is 1. The first-order valence-corrected chi connectivity index (χ1v) is 12.7. The molecule has 2 N–H and O–H groups in total. The number of piperidine rings is 1. The predicted octanol–water partition coefficient (Wildman–Crippen LogP) is 4.46. The SMILES string of the molecule is COc1ccc2ncc(F)c([C@@H](O)CCC3(CO)CCN(CCSc4ccccn4)CC3)c2c1. The number of nitrogens with zero attached hydrogens (tertiary/aromatic N) is 3. The van der Waals surface area contributed by atoms with Crippen molar-refractivity contribution < 1.29 is 19.3 Å². The Morgan fingerprint density at radius 1 is 1.21 bits per heavy atom. The van der Waals surface area contributed by atoms with E-state index in [9.17, 15) is 14.6 Å². The maximum atomic E-state index is 14.7. The minimum atomic E-state index is -0.978. The molecule has 182 valence electrons. The second kappa shape index (κ2) is 11.4. The van der Waals surface area contributed by atoms with Crippen molar-refractivity contribution in [3.05, 3.63) is 60.2 Å². The molecule has 1 saturated heterocycles. The van der Waals surface area contributed by atoms with E-state index in [1.807, 2.05) is 24.4 Å². The van der Waals surface area contributed by atoms with Gasteiger partial charge in [0.15, 0.2) is 0 Å². The molecule has 8 heteroatoms. The van der Waals surface area contributed by atoms with Crippen LogP contribution in [0.15, 0.2) is 53.8 Å². The third kappa shape index (κ3) is 5.86. The lowest BCUT2D eigenvalue weighted by molar-refractivity contribution is 0.0251. The number of pyridine rings is 2. The van der Waals surface area contributed by atoms with Gasteiger partial charge in [-0.3, -0.25) is 4.98 Å². The van der Waals surface area contributed by atoms with Crippen LogP contribution >= 0.6 is 11.8 Å². The molecule has 34 heavy (non-hydrogen) atoms. The van der Waals surface area contributed by atoms with E-state index in [4.69, 9.17) is 4.74 Å². The maximum Gasteiger partial charge on any atom is 0.147 e. The molecule has 2 aromatic heterocycles. The lowest BCUT2D eigenvalue weighted by atomic mass is 9.74. The predicted molar refractivity (Wildman–Crippen MR) is 133 cm³/mol. The van der Waals surface area contributed by atoms with E-state index in [1.165, 1.54) is 0 Å². The highest BCUT2D eigenvalue weighted by Gasteiger charge is 2.34. The number of halogens is 1. The summed E-state index contributed by atoms with van der Waals surface area (Å²) in [4.78, 5) is 10.9. The van der Waals surface area contributed by atoms with Crippen molar-refractivity contribution >= 4 is 22.7 Å². The van der Waals surface area contributed by atoms with E-state index in [1.54, 1.807) is 37.1 Å². The molecule has 3 heterocycles. The largest absolute Gasteiger partial charge is 0.497 e. The van der Waals surface area contributed by atoms with Crippen LogP contribution in [0.1, 0.15) is 37.4 Å². The molecule has 0 bridgehead atoms. The molecule has 1 fully saturated rings. The molecule has 3 aromatic rings. The molecule has 4 rings (SSSR count). The molecule has 1 aromatic carbocycles. The molecule has 1 aliphatic rings. The lowest BCUT2D eigenvalue weighted by Crippen LogP contribution is -2.43. The van der Waals surface area contributed by atoms with Gasteiger partial charge in [-0.25, -0.2) is 9.37 Å². The molecule has 0 aliphatic carbocycles. The average molecular weight is 486 g/mol. The van der Waals surface area contributed by atoms with Crippen molar-refractivity contribution in [3.8, 4) is 5.75 Å². The fraction of sp³-hybridized carbons (Fsp3) is 0.462. The second-order valence-electron chi connectivity index (χ2n) is 8.97. The summed E-state index contributed by atoms with van der Waals surface area (Å²) < 4.78 is 20.0. The summed E-state index contributed by atoms with van der Waals surface area (Å²) in [6.45, 7) is 2.86. The summed E-state index contributed by atoms with van der Waals surface area (Å²) in [7, 11) is 1.55. The van der Waals surface area contributed by atoms with Crippen LogP contribution in [0, 0.1) is 11.2 Å². The van der Waals surface area contributed by atoms with Crippen LogP contribution in [0.25, 0.3) is 10.9 Å². The molecular weight excluding hydrogens is 453 g/mol. The van der Waals surface area contributed by atoms with Crippen molar-refractivity contribution in [2.75, 3.05) is 39.1 Å². The van der Waals surface area contributed by atoms with E-state index in [2.05, 4.69) is 14.9 Å². The Kier molecular flexibility index (Phi) is 8.37. The normalized spacial score (nSPS) is 17.1. The summed E-state index contributed by atoms with van der Waals surface area (Å²) >= 11 is 1.75. The van der Waals surface area contributed by atoms with Crippen molar-refractivity contribution in [2.24, 2.45) is 5.41 Å². The number of ether oxygens (including phenoxy) is 1. The average Bonchev–Trinajstić information content (AvgIpc) is 2.88. The standard InChI is InChI=1S/C26H32FN3O3S/c1-33-19-5-6-22-20(16-19)25(21(27)17-29-22)23(32)7-8-26(18-31)9-12-30(13-10-26)14-15-34-24-4-2-3-11-28-24/h2-6,11,16-17,23,31-32H,7-10,12-15,18H2,1H3/t23-/m0/s1. The summed E-state index contributed by atoms with van der Waals surface area (Å²) in [5, 5.41) is 22.8. The monoisotopic (exact) mass is 485 g/mol. The highest BCUT2D eigenvalue weighted by Crippen LogP contribution is 2.39. The van der Waals surface area contributed by atoms with Gasteiger partial charge in [0.05, 0.1) is 30.0 Å². The summed E-state index contributed by atoms with van der Waals surface area (Å²) in [5.74, 6) is 1.04. The number of aliphatic hydroxyl groups is 2. The fourth-order valence-electron chi connectivity index (χ4n) is 4.67. The highest BCUT2D eigenvalue weighted by atomic mass is 32.2. The first kappa shape index (κ1) is 24.9. The third-order valence-electron chi connectivity index (χ3n) is 6.90. The van der Waals surface area contributed by atoms with E-state index >= 15 is 0 Å². The Balaban J connectivity index is 1.34. The van der Waals surface area contributed by atoms with Gasteiger partial charge in [-0.15, -0.1) is 11.8 Å². The molecule has 0 spiro atoms. The zero-order valence-corrected chi connectivity index (χ0v) is 20.3. The molecule has 1 atom stereocenters. The number of benzene rings is 1. The minimum Gasteiger partial charge on any atom is -0.497 e. The minimum absolute atomic E-state index is 0.0731. The quantitative estimate of drug-likeness (QED) is 0.411. The van der Waals surface area contributed by atoms with Crippen LogP contribution in [-0.4, -0.2) is 64.2 Å². The first-order chi connectivity index (χ1) is 16.5. The Bertz CT molecular complexity index is 1080. The molecule has 1 aliphatic heterocycles. The third-order valence-corrected chi connectivity index (χ3v) is 7.82. The molecule has 0 amide bonds. The van der Waals surface area contributed by atoms with Gasteiger partial charge in [-0.2, -0.15) is 0 Å². The first-order valence-electron chi connectivity index (χ1n) is 11.7. The molecule has 0 radical (unpaired) electrons. The molecule has 0 unspecified atom stereocenters. The van der Waals surface area contributed by atoms with Crippen molar-refractivity contribution in [3.63, 3.8) is 0 Å². The zero-order chi connectivity index (χ0) is 24.0. The topological polar surface area (TPSA) is 78.7 Å². The summed E-state index contributed by atoms with van der Waals surface area (Å²) in [6, 6.07) is 11.2. The Labute approximate surface area is 204 Å². The lowest BCUT2D eigenvalue weighted by Gasteiger charge is -2.41. The fourth-order valence-corrected chi connectivity index (χ4v) is 5.54. The van der Waals surface area contributed by atoms with Crippen LogP contribution in [-0.2, 0) is 0 Å². The Morgan fingerprint density at radius 3 is 2.74 bits per heavy atom. The van der Waals surface area contributed by atoms with Gasteiger partial charge in [-0.1, -0.05) is 6.07 Å². The van der Waals surface area contributed by atoms with Crippen LogP contribution in [0.4, 0.5) is 4.39 Å². The maximum absolute atomic E-state index is 14.7. The van der Waals surface area contributed by atoms with Crippen molar-refractivity contribution in [1.29, 1.82) is 0 Å². The molecule has 0 saturated carbocycles. The van der Waals surface area contributed by atoms with Gasteiger partial charge < -0.3 is 19.8 Å². The number of rotatable bonds is 10. The number of aromatic nitrogens is 2. The molecule has 6 nitrogen and oxygen atoms in total. The van der Waals surface area contributed by atoms with Crippen molar-refractivity contribution in [2.45, 2.75) is 36.8 Å². The van der Waals surface area contributed by atoms with Crippen molar-refractivity contribution in [1.82, 2.24) is 14.9 Å². The van der Waals surface area contributed by atoms with Gasteiger partial charge in [0.2, 0.25) is 0 Å². The van der Waals surface area contributed by atoms with Crippen LogP contribution < -0.4 is 4.74 Å². The number of hydrogen-bond acceptors (Lipinski definition) is 7. The van der Waals surface area contributed by atoms with Crippen LogP contribution in [0.5, 0.6) is 5.75 Å². The van der Waals surface area contributed by atoms with E-state index in [0.29, 0.717) is 29.5 Å². The number of hydrogen-bond donors (Lipinski definition) is 2. The van der Waals surface area contributed by atoms with Crippen LogP contribution in [0.2, 0.25) is 0 Å². The van der Waals surface area contributed by atoms with Gasteiger partial charge in [-0.05, 0) is 74.5 Å². The van der Waals surface area contributed by atoms with Gasteiger partial charge in [0.1, 0.15) is 11.6 Å². The number of thioether (sulfide) groups is 1. The molecular formula is C26H32FN3O3S. The smallest absolute Gasteiger partial charge is 0.147 e. The Hall–Kier alpha value is -2.26. The zero-order valence-electron chi connectivity index (χ0n) is 19.5. The Morgan fingerprint density at radius 2 is 2.03 bits per heavy atom. The van der Waals surface area contributed by atoms with Gasteiger partial charge >= 0.3 is 0 Å².